The minimum absolute atomic E-state index is 0.0881. The first-order chi connectivity index (χ1) is 13.7. The Morgan fingerprint density at radius 2 is 1.96 bits per heavy atom. The molecule has 28 heavy (non-hydrogen) atoms. The molecule has 0 spiro atoms. The van der Waals surface area contributed by atoms with Gasteiger partial charge in [-0.25, -0.2) is 15.3 Å². The van der Waals surface area contributed by atoms with E-state index in [9.17, 15) is 9.59 Å². The van der Waals surface area contributed by atoms with Crippen molar-refractivity contribution in [1.29, 1.82) is 0 Å². The Balaban J connectivity index is 1.41. The molecular formula is C20H20N4O3S. The number of fused-ring (bicyclic) bond motifs is 1. The molecule has 144 valence electrons. The third-order valence-corrected chi connectivity index (χ3v) is 5.31. The number of nitrogens with zero attached hydrogens (tertiary/aromatic N) is 2. The van der Waals surface area contributed by atoms with Crippen LogP contribution in [-0.4, -0.2) is 29.4 Å². The molecule has 7 nitrogen and oxygen atoms in total. The van der Waals surface area contributed by atoms with Gasteiger partial charge in [0.15, 0.2) is 5.13 Å². The number of carbonyl (C=O) groups excluding carboxylic acids is 2. The highest BCUT2D eigenvalue weighted by Crippen LogP contribution is 2.27. The van der Waals surface area contributed by atoms with Gasteiger partial charge in [-0.1, -0.05) is 30.4 Å². The van der Waals surface area contributed by atoms with Crippen molar-refractivity contribution in [3.8, 4) is 5.75 Å². The van der Waals surface area contributed by atoms with Crippen LogP contribution < -0.4 is 20.5 Å². The zero-order chi connectivity index (χ0) is 19.5. The van der Waals surface area contributed by atoms with Crippen LogP contribution in [0.4, 0.5) is 10.8 Å². The quantitative estimate of drug-likeness (QED) is 0.471. The molecule has 4 rings (SSSR count). The van der Waals surface area contributed by atoms with Crippen LogP contribution in [0.5, 0.6) is 5.75 Å². The van der Waals surface area contributed by atoms with Crippen LogP contribution in [0.15, 0.2) is 48.5 Å². The van der Waals surface area contributed by atoms with Gasteiger partial charge in [0.1, 0.15) is 11.8 Å². The van der Waals surface area contributed by atoms with Gasteiger partial charge >= 0.3 is 0 Å². The van der Waals surface area contributed by atoms with E-state index in [-0.39, 0.29) is 18.2 Å². The van der Waals surface area contributed by atoms with E-state index in [0.29, 0.717) is 17.4 Å². The third kappa shape index (κ3) is 3.69. The van der Waals surface area contributed by atoms with Gasteiger partial charge in [-0.2, -0.15) is 0 Å². The number of hydrazine groups is 1. The number of para-hydroxylation sites is 1. The van der Waals surface area contributed by atoms with Crippen LogP contribution in [0.3, 0.4) is 0 Å². The highest BCUT2D eigenvalue weighted by atomic mass is 32.1. The zero-order valence-electron chi connectivity index (χ0n) is 15.3. The Bertz CT molecular complexity index is 969. The van der Waals surface area contributed by atoms with E-state index in [4.69, 9.17) is 4.74 Å². The lowest BCUT2D eigenvalue weighted by molar-refractivity contribution is -0.121. The summed E-state index contributed by atoms with van der Waals surface area (Å²) in [5.41, 5.74) is 7.34. The zero-order valence-corrected chi connectivity index (χ0v) is 16.2. The molecule has 1 saturated heterocycles. The van der Waals surface area contributed by atoms with Crippen molar-refractivity contribution in [3.05, 3.63) is 48.5 Å². The fourth-order valence-electron chi connectivity index (χ4n) is 3.00. The fourth-order valence-corrected chi connectivity index (χ4v) is 3.83. The minimum Gasteiger partial charge on any atom is -0.494 e. The summed E-state index contributed by atoms with van der Waals surface area (Å²) in [5, 5.41) is 0.650. The Morgan fingerprint density at radius 1 is 1.18 bits per heavy atom. The Morgan fingerprint density at radius 3 is 2.71 bits per heavy atom. The van der Waals surface area contributed by atoms with Gasteiger partial charge in [0.25, 0.3) is 5.91 Å². The molecule has 3 aromatic rings. The number of carbonyl (C=O) groups is 2. The molecule has 0 aliphatic carbocycles. The van der Waals surface area contributed by atoms with E-state index in [1.807, 2.05) is 31.2 Å². The monoisotopic (exact) mass is 396 g/mol. The van der Waals surface area contributed by atoms with Gasteiger partial charge < -0.3 is 4.74 Å². The molecule has 2 amide bonds. The highest BCUT2D eigenvalue weighted by Gasteiger charge is 2.39. The predicted molar refractivity (Wildman–Crippen MR) is 110 cm³/mol. The number of hydrogen-bond acceptors (Lipinski definition) is 7. The summed E-state index contributed by atoms with van der Waals surface area (Å²) in [4.78, 5) is 30.8. The normalized spacial score (nSPS) is 16.8. The lowest BCUT2D eigenvalue weighted by atomic mass is 10.2. The van der Waals surface area contributed by atoms with Crippen molar-refractivity contribution in [3.63, 3.8) is 0 Å². The largest absolute Gasteiger partial charge is 0.494 e. The first-order valence-corrected chi connectivity index (χ1v) is 9.94. The number of imide groups is 1. The predicted octanol–water partition coefficient (Wildman–Crippen LogP) is 3.33. The number of nitrogens with one attached hydrogen (secondary N) is 2. The Kier molecular flexibility index (Phi) is 5.23. The Labute approximate surface area is 166 Å². The summed E-state index contributed by atoms with van der Waals surface area (Å²) >= 11 is 1.48. The molecule has 1 atom stereocenters. The molecule has 8 heteroatoms. The fraction of sp³-hybridized carbons (Fsp3) is 0.250. The number of anilines is 2. The van der Waals surface area contributed by atoms with Gasteiger partial charge in [0, 0.05) is 0 Å². The number of thiazole rings is 1. The standard InChI is InChI=1S/C20H20N4O3S/c1-2-11-27-14-9-7-13(8-10-14)24-18(25)12-16(19(24)26)22-23-20-21-15-5-3-4-6-17(15)28-20/h3-10,16,22H,2,11-12H2,1H3,(H,21,23). The van der Waals surface area contributed by atoms with E-state index < -0.39 is 6.04 Å². The molecule has 2 aromatic carbocycles. The molecule has 1 fully saturated rings. The average Bonchev–Trinajstić information content (AvgIpc) is 3.25. The maximum Gasteiger partial charge on any atom is 0.253 e. The van der Waals surface area contributed by atoms with Gasteiger partial charge in [-0.3, -0.25) is 15.0 Å². The summed E-state index contributed by atoms with van der Waals surface area (Å²) in [6.07, 6.45) is 1.00. The van der Waals surface area contributed by atoms with Gasteiger partial charge in [0.05, 0.1) is 28.9 Å². The number of amides is 2. The van der Waals surface area contributed by atoms with Crippen molar-refractivity contribution < 1.29 is 14.3 Å². The summed E-state index contributed by atoms with van der Waals surface area (Å²) in [6, 6.07) is 14.1. The lowest BCUT2D eigenvalue weighted by Gasteiger charge is -2.16. The molecule has 1 unspecified atom stereocenters. The minimum atomic E-state index is -0.643. The Hall–Kier alpha value is -2.97. The van der Waals surface area contributed by atoms with Crippen LogP contribution in [0.1, 0.15) is 19.8 Å². The van der Waals surface area contributed by atoms with Crippen LogP contribution in [0.25, 0.3) is 10.2 Å². The third-order valence-electron chi connectivity index (χ3n) is 4.36. The van der Waals surface area contributed by atoms with Crippen LogP contribution in [0, 0.1) is 0 Å². The molecule has 1 aromatic heterocycles. The summed E-state index contributed by atoms with van der Waals surface area (Å²) < 4.78 is 6.59. The first kappa shape index (κ1) is 18.4. The topological polar surface area (TPSA) is 83.6 Å². The number of hydrogen-bond donors (Lipinski definition) is 2. The number of ether oxygens (including phenoxy) is 1. The lowest BCUT2D eigenvalue weighted by Crippen LogP contribution is -2.41. The average molecular weight is 396 g/mol. The van der Waals surface area contributed by atoms with Crippen LogP contribution in [-0.2, 0) is 9.59 Å². The van der Waals surface area contributed by atoms with E-state index in [1.165, 1.54) is 16.2 Å². The second-order valence-electron chi connectivity index (χ2n) is 6.42. The summed E-state index contributed by atoms with van der Waals surface area (Å²) in [5.74, 6) is 0.188. The molecule has 2 N–H and O–H groups in total. The molecule has 0 radical (unpaired) electrons. The van der Waals surface area contributed by atoms with E-state index in [2.05, 4.69) is 15.8 Å². The van der Waals surface area contributed by atoms with E-state index >= 15 is 0 Å². The van der Waals surface area contributed by atoms with Crippen LogP contribution >= 0.6 is 11.3 Å². The summed E-state index contributed by atoms with van der Waals surface area (Å²) in [6.45, 7) is 2.66. The van der Waals surface area contributed by atoms with Gasteiger partial charge in [0.2, 0.25) is 5.91 Å². The van der Waals surface area contributed by atoms with Crippen molar-refractivity contribution in [2.45, 2.75) is 25.8 Å². The molecule has 1 aliphatic heterocycles. The second-order valence-corrected chi connectivity index (χ2v) is 7.45. The molecule has 2 heterocycles. The molecule has 1 aliphatic rings. The maximum atomic E-state index is 12.7. The van der Waals surface area contributed by atoms with Crippen molar-refractivity contribution in [1.82, 2.24) is 10.4 Å². The number of aromatic nitrogens is 1. The number of rotatable bonds is 7. The van der Waals surface area contributed by atoms with Gasteiger partial charge in [-0.05, 0) is 42.8 Å². The molecule has 0 bridgehead atoms. The molecular weight excluding hydrogens is 376 g/mol. The SMILES string of the molecule is CCCOc1ccc(N2C(=O)CC(NNc3nc4ccccc4s3)C2=O)cc1. The maximum absolute atomic E-state index is 12.7. The van der Waals surface area contributed by atoms with E-state index in [1.54, 1.807) is 24.3 Å². The van der Waals surface area contributed by atoms with Crippen LogP contribution in [0.2, 0.25) is 0 Å². The second kappa shape index (κ2) is 7.95. The van der Waals surface area contributed by atoms with Gasteiger partial charge in [-0.15, -0.1) is 0 Å². The summed E-state index contributed by atoms with van der Waals surface area (Å²) in [7, 11) is 0. The highest BCUT2D eigenvalue weighted by molar-refractivity contribution is 7.22. The van der Waals surface area contributed by atoms with E-state index in [0.717, 1.165) is 22.4 Å². The first-order valence-electron chi connectivity index (χ1n) is 9.12. The number of benzene rings is 2. The molecule has 0 saturated carbocycles. The smallest absolute Gasteiger partial charge is 0.253 e. The van der Waals surface area contributed by atoms with Crippen molar-refractivity contribution >= 4 is 44.2 Å². The van der Waals surface area contributed by atoms with Crippen molar-refractivity contribution in [2.24, 2.45) is 0 Å². The van der Waals surface area contributed by atoms with Crippen molar-refractivity contribution in [2.75, 3.05) is 16.9 Å².